The molecule has 1 saturated carbocycles. The fourth-order valence-corrected chi connectivity index (χ4v) is 3.86. The summed E-state index contributed by atoms with van der Waals surface area (Å²) in [5.74, 6) is 2.01. The maximum absolute atomic E-state index is 12.0. The molecule has 0 aromatic carbocycles. The van der Waals surface area contributed by atoms with Crippen molar-refractivity contribution >= 4 is 17.7 Å². The third-order valence-corrected chi connectivity index (χ3v) is 4.87. The lowest BCUT2D eigenvalue weighted by Crippen LogP contribution is -2.51. The first-order valence-corrected chi connectivity index (χ1v) is 7.37. The average molecular weight is 243 g/mol. The van der Waals surface area contributed by atoms with Crippen LogP contribution in [-0.2, 0) is 4.79 Å². The fourth-order valence-electron chi connectivity index (χ4n) is 2.62. The van der Waals surface area contributed by atoms with E-state index in [0.717, 1.165) is 18.6 Å². The van der Waals surface area contributed by atoms with Crippen LogP contribution in [-0.4, -0.2) is 34.2 Å². The summed E-state index contributed by atoms with van der Waals surface area (Å²) in [6.07, 6.45) is 5.20. The maximum Gasteiger partial charge on any atom is 0.253 e. The molecule has 1 aliphatic heterocycles. The Kier molecular flexibility index (Phi) is 3.80. The normalized spacial score (nSPS) is 39.6. The fraction of sp³-hybridized carbons (Fsp3) is 0.917. The summed E-state index contributed by atoms with van der Waals surface area (Å²) >= 11 is 1.66. The van der Waals surface area contributed by atoms with E-state index >= 15 is 0 Å². The van der Waals surface area contributed by atoms with Gasteiger partial charge in [-0.3, -0.25) is 4.79 Å². The Bertz CT molecular complexity index is 264. The van der Waals surface area contributed by atoms with Crippen LogP contribution in [0.3, 0.4) is 0 Å². The van der Waals surface area contributed by atoms with Crippen molar-refractivity contribution in [1.29, 1.82) is 0 Å². The van der Waals surface area contributed by atoms with Crippen molar-refractivity contribution in [3.05, 3.63) is 0 Å². The van der Waals surface area contributed by atoms with Crippen LogP contribution in [0.4, 0.5) is 0 Å². The topological polar surface area (TPSA) is 49.3 Å². The third kappa shape index (κ3) is 2.72. The van der Waals surface area contributed by atoms with Gasteiger partial charge < -0.3 is 10.4 Å². The second-order valence-corrected chi connectivity index (χ2v) is 6.38. The summed E-state index contributed by atoms with van der Waals surface area (Å²) < 4.78 is 0. The van der Waals surface area contributed by atoms with Crippen molar-refractivity contribution in [1.82, 2.24) is 5.32 Å². The van der Waals surface area contributed by atoms with E-state index in [-0.39, 0.29) is 11.9 Å². The van der Waals surface area contributed by atoms with E-state index in [1.165, 1.54) is 12.8 Å². The Morgan fingerprint density at radius 1 is 1.50 bits per heavy atom. The van der Waals surface area contributed by atoms with Crippen LogP contribution in [0, 0.1) is 5.92 Å². The molecule has 2 fully saturated rings. The molecule has 4 heteroatoms. The smallest absolute Gasteiger partial charge is 0.253 e. The summed E-state index contributed by atoms with van der Waals surface area (Å²) in [6, 6.07) is 0.283. The highest BCUT2D eigenvalue weighted by molar-refractivity contribution is 7.99. The lowest BCUT2D eigenvalue weighted by Gasteiger charge is -2.30. The quantitative estimate of drug-likeness (QED) is 0.773. The first-order chi connectivity index (χ1) is 7.60. The van der Waals surface area contributed by atoms with Crippen molar-refractivity contribution in [3.63, 3.8) is 0 Å². The van der Waals surface area contributed by atoms with E-state index in [1.807, 2.05) is 0 Å². The molecular weight excluding hydrogens is 222 g/mol. The van der Waals surface area contributed by atoms with Crippen molar-refractivity contribution in [2.75, 3.05) is 11.5 Å². The van der Waals surface area contributed by atoms with Gasteiger partial charge in [-0.1, -0.05) is 19.8 Å². The average Bonchev–Trinajstić information content (AvgIpc) is 2.66. The number of thioether (sulfide) groups is 1. The van der Waals surface area contributed by atoms with Gasteiger partial charge >= 0.3 is 0 Å². The zero-order valence-corrected chi connectivity index (χ0v) is 10.7. The molecule has 3 atom stereocenters. The number of carbonyl (C=O) groups is 1. The van der Waals surface area contributed by atoms with Crippen LogP contribution in [0.1, 0.15) is 39.0 Å². The molecule has 2 rings (SSSR count). The van der Waals surface area contributed by atoms with E-state index in [4.69, 9.17) is 0 Å². The van der Waals surface area contributed by atoms with E-state index in [0.29, 0.717) is 18.1 Å². The van der Waals surface area contributed by atoms with Gasteiger partial charge in [-0.2, -0.15) is 11.8 Å². The molecule has 0 bridgehead atoms. The van der Waals surface area contributed by atoms with Gasteiger partial charge in [0.25, 0.3) is 5.91 Å². The Morgan fingerprint density at radius 3 is 2.94 bits per heavy atom. The Balaban J connectivity index is 1.86. The van der Waals surface area contributed by atoms with Gasteiger partial charge in [0.05, 0.1) is 0 Å². The van der Waals surface area contributed by atoms with Gasteiger partial charge in [-0.25, -0.2) is 0 Å². The SMILES string of the molecule is CC1CCCC(NC(=O)C2(O)CCSC2)C1. The van der Waals surface area contributed by atoms with Crippen molar-refractivity contribution in [2.45, 2.75) is 50.7 Å². The monoisotopic (exact) mass is 243 g/mol. The van der Waals surface area contributed by atoms with Gasteiger partial charge in [0.2, 0.25) is 0 Å². The molecule has 1 saturated heterocycles. The number of hydrogen-bond donors (Lipinski definition) is 2. The van der Waals surface area contributed by atoms with Crippen molar-refractivity contribution < 1.29 is 9.90 Å². The van der Waals surface area contributed by atoms with Gasteiger partial charge in [0.1, 0.15) is 0 Å². The number of amides is 1. The highest BCUT2D eigenvalue weighted by Crippen LogP contribution is 2.29. The molecule has 1 heterocycles. The molecule has 16 heavy (non-hydrogen) atoms. The minimum Gasteiger partial charge on any atom is -0.379 e. The molecule has 3 nitrogen and oxygen atoms in total. The van der Waals surface area contributed by atoms with Crippen LogP contribution in [0.25, 0.3) is 0 Å². The molecular formula is C12H21NO2S. The summed E-state index contributed by atoms with van der Waals surface area (Å²) in [5, 5.41) is 13.2. The molecule has 3 unspecified atom stereocenters. The van der Waals surface area contributed by atoms with E-state index in [1.54, 1.807) is 11.8 Å². The summed E-state index contributed by atoms with van der Waals surface area (Å²) in [7, 11) is 0. The Labute approximate surface area is 101 Å². The van der Waals surface area contributed by atoms with Crippen molar-refractivity contribution in [2.24, 2.45) is 5.92 Å². The van der Waals surface area contributed by atoms with Crippen LogP contribution in [0.5, 0.6) is 0 Å². The summed E-state index contributed by atoms with van der Waals surface area (Å²) in [6.45, 7) is 2.23. The molecule has 0 aromatic rings. The second-order valence-electron chi connectivity index (χ2n) is 5.28. The number of carbonyl (C=O) groups excluding carboxylic acids is 1. The van der Waals surface area contributed by atoms with E-state index < -0.39 is 5.60 Å². The van der Waals surface area contributed by atoms with Gasteiger partial charge in [-0.05, 0) is 30.9 Å². The molecule has 1 amide bonds. The third-order valence-electron chi connectivity index (χ3n) is 3.70. The first-order valence-electron chi connectivity index (χ1n) is 6.21. The van der Waals surface area contributed by atoms with Crippen LogP contribution in [0.15, 0.2) is 0 Å². The molecule has 1 aliphatic carbocycles. The van der Waals surface area contributed by atoms with Gasteiger partial charge in [0, 0.05) is 11.8 Å². The maximum atomic E-state index is 12.0. The van der Waals surface area contributed by atoms with Crippen LogP contribution in [0.2, 0.25) is 0 Å². The first kappa shape index (κ1) is 12.2. The predicted octanol–water partition coefficient (Wildman–Crippen LogP) is 1.55. The highest BCUT2D eigenvalue weighted by Gasteiger charge is 2.40. The lowest BCUT2D eigenvalue weighted by molar-refractivity contribution is -0.138. The zero-order valence-electron chi connectivity index (χ0n) is 9.87. The molecule has 2 N–H and O–H groups in total. The lowest BCUT2D eigenvalue weighted by atomic mass is 9.86. The van der Waals surface area contributed by atoms with Crippen LogP contribution < -0.4 is 5.32 Å². The Hall–Kier alpha value is -0.220. The minimum atomic E-state index is -1.09. The molecule has 2 aliphatic rings. The van der Waals surface area contributed by atoms with Crippen molar-refractivity contribution in [3.8, 4) is 0 Å². The molecule has 0 aromatic heterocycles. The molecule has 0 radical (unpaired) electrons. The minimum absolute atomic E-state index is 0.142. The van der Waals surface area contributed by atoms with Gasteiger partial charge in [0.15, 0.2) is 5.60 Å². The van der Waals surface area contributed by atoms with Gasteiger partial charge in [-0.15, -0.1) is 0 Å². The largest absolute Gasteiger partial charge is 0.379 e. The molecule has 0 spiro atoms. The Morgan fingerprint density at radius 2 is 2.31 bits per heavy atom. The van der Waals surface area contributed by atoms with E-state index in [9.17, 15) is 9.90 Å². The summed E-state index contributed by atoms with van der Waals surface area (Å²) in [4.78, 5) is 12.0. The van der Waals surface area contributed by atoms with Crippen LogP contribution >= 0.6 is 11.8 Å². The zero-order chi connectivity index (χ0) is 11.6. The van der Waals surface area contributed by atoms with E-state index in [2.05, 4.69) is 12.2 Å². The molecule has 92 valence electrons. The number of rotatable bonds is 2. The standard InChI is InChI=1S/C12H21NO2S/c1-9-3-2-4-10(7-9)13-11(14)12(15)5-6-16-8-12/h9-10,15H,2-8H2,1H3,(H,13,14). The predicted molar refractivity (Wildman–Crippen MR) is 66.5 cm³/mol. The number of hydrogen-bond acceptors (Lipinski definition) is 3. The number of nitrogens with one attached hydrogen (secondary N) is 1. The number of aliphatic hydroxyl groups is 1. The second kappa shape index (κ2) is 4.96. The summed E-state index contributed by atoms with van der Waals surface area (Å²) in [5.41, 5.74) is -1.09. The highest BCUT2D eigenvalue weighted by atomic mass is 32.2.